The molecule has 0 bridgehead atoms. The molecule has 59 heavy (non-hydrogen) atoms. The molecule has 290 valence electrons. The average molecular weight is 893 g/mol. The van der Waals surface area contributed by atoms with Crippen molar-refractivity contribution in [2.75, 3.05) is 23.0 Å². The van der Waals surface area contributed by atoms with Gasteiger partial charge < -0.3 is 4.74 Å². The topological polar surface area (TPSA) is 26.3 Å². The summed E-state index contributed by atoms with van der Waals surface area (Å²) in [5.74, 6) is 3.84. The van der Waals surface area contributed by atoms with Gasteiger partial charge in [-0.05, 0) is 60.7 Å². The first-order valence-electron chi connectivity index (χ1n) is 19.2. The lowest BCUT2D eigenvalue weighted by atomic mass is 9.99. The smallest absolute Gasteiger partial charge is 0.335 e. The van der Waals surface area contributed by atoms with Crippen LogP contribution in [0.5, 0.6) is 5.75 Å². The molecule has 0 aliphatic carbocycles. The van der Waals surface area contributed by atoms with E-state index in [1.165, 1.54) is 81.3 Å². The number of hydrogen-bond donors (Lipinski definition) is 0. The Labute approximate surface area is 372 Å². The molecule has 10 rings (SSSR count). The summed E-state index contributed by atoms with van der Waals surface area (Å²) in [7, 11) is 0. The molecule has 0 unspecified atom stereocenters. The number of thioether (sulfide) groups is 4. The Morgan fingerprint density at radius 2 is 0.847 bits per heavy atom. The van der Waals surface area contributed by atoms with Crippen LogP contribution >= 0.6 is 81.1 Å². The van der Waals surface area contributed by atoms with E-state index in [4.69, 9.17) is 4.74 Å². The summed E-state index contributed by atoms with van der Waals surface area (Å²) in [4.78, 5) is 17.1. The van der Waals surface area contributed by atoms with E-state index in [2.05, 4.69) is 146 Å². The maximum absolute atomic E-state index is 11.9. The SMILES string of the molecule is C=CC(=O)Oc1ccc(SCC(CSc2cccc3c2sc2ccccc23)(CSc2cccc3c2sc2ccccc23)CSc2cccc3c2sc2ccccc23)cc1. The van der Waals surface area contributed by atoms with Crippen molar-refractivity contribution >= 4 is 148 Å². The van der Waals surface area contributed by atoms with Gasteiger partial charge in [0.1, 0.15) is 5.75 Å². The molecule has 0 aliphatic rings. The molecule has 10 aromatic rings. The third-order valence-electron chi connectivity index (χ3n) is 10.5. The number of ether oxygens (including phenoxy) is 1. The summed E-state index contributed by atoms with van der Waals surface area (Å²) in [5.41, 5.74) is -0.102. The van der Waals surface area contributed by atoms with Crippen LogP contribution in [-0.2, 0) is 4.79 Å². The van der Waals surface area contributed by atoms with E-state index in [-0.39, 0.29) is 5.41 Å². The fraction of sp³-hybridized carbons (Fsp3) is 0.100. The van der Waals surface area contributed by atoms with Crippen LogP contribution in [0.1, 0.15) is 0 Å². The maximum atomic E-state index is 11.9. The predicted octanol–water partition coefficient (Wildman–Crippen LogP) is 16.3. The third kappa shape index (κ3) is 7.95. The van der Waals surface area contributed by atoms with Gasteiger partial charge in [0.15, 0.2) is 0 Å². The van der Waals surface area contributed by atoms with Gasteiger partial charge in [0.25, 0.3) is 0 Å². The Kier molecular flexibility index (Phi) is 11.3. The predicted molar refractivity (Wildman–Crippen MR) is 266 cm³/mol. The number of carbonyl (C=O) groups excluding carboxylic acids is 1. The highest BCUT2D eigenvalue weighted by molar-refractivity contribution is 8.02. The number of benzene rings is 7. The molecule has 0 saturated heterocycles. The quantitative estimate of drug-likeness (QED) is 0.0467. The van der Waals surface area contributed by atoms with Gasteiger partial charge in [0, 0.05) is 115 Å². The van der Waals surface area contributed by atoms with E-state index in [9.17, 15) is 4.79 Å². The molecule has 0 fully saturated rings. The molecule has 3 aromatic heterocycles. The standard InChI is InChI=1S/C50H36O2S7/c1-2-46(51)52-32-24-26-33(27-25-32)53-28-50(29-54-43-21-9-15-37-34-12-3-6-18-40(34)57-47(37)43,30-55-44-22-10-16-38-35-13-4-7-19-41(35)58-48(38)44)31-56-45-23-11-17-39-36-14-5-8-20-42(36)59-49(39)45/h2-27H,1,28-31H2. The van der Waals surface area contributed by atoms with Gasteiger partial charge in [0.2, 0.25) is 0 Å². The van der Waals surface area contributed by atoms with Crippen molar-refractivity contribution < 1.29 is 9.53 Å². The van der Waals surface area contributed by atoms with Crippen LogP contribution < -0.4 is 4.74 Å². The van der Waals surface area contributed by atoms with Gasteiger partial charge in [-0.2, -0.15) is 0 Å². The van der Waals surface area contributed by atoms with Crippen LogP contribution in [0.4, 0.5) is 0 Å². The van der Waals surface area contributed by atoms with Crippen molar-refractivity contribution in [1.82, 2.24) is 0 Å². The highest BCUT2D eigenvalue weighted by Gasteiger charge is 2.33. The monoisotopic (exact) mass is 892 g/mol. The lowest BCUT2D eigenvalue weighted by molar-refractivity contribution is -0.128. The van der Waals surface area contributed by atoms with Crippen LogP contribution in [0, 0.1) is 5.41 Å². The Balaban J connectivity index is 1.04. The van der Waals surface area contributed by atoms with Crippen LogP contribution in [0.2, 0.25) is 0 Å². The highest BCUT2D eigenvalue weighted by Crippen LogP contribution is 2.48. The minimum atomic E-state index is -0.452. The molecule has 0 spiro atoms. The van der Waals surface area contributed by atoms with Crippen LogP contribution in [-0.4, -0.2) is 29.0 Å². The van der Waals surface area contributed by atoms with Gasteiger partial charge in [-0.3, -0.25) is 0 Å². The van der Waals surface area contributed by atoms with Gasteiger partial charge in [-0.1, -0.05) is 97.6 Å². The number of esters is 1. The van der Waals surface area contributed by atoms with Gasteiger partial charge >= 0.3 is 5.97 Å². The minimum Gasteiger partial charge on any atom is -0.423 e. The molecule has 0 radical (unpaired) electrons. The number of fused-ring (bicyclic) bond motifs is 9. The first kappa shape index (κ1) is 39.0. The molecule has 0 amide bonds. The molecule has 2 nitrogen and oxygen atoms in total. The summed E-state index contributed by atoms with van der Waals surface area (Å²) in [5, 5.41) is 8.01. The van der Waals surface area contributed by atoms with E-state index in [1.54, 1.807) is 0 Å². The van der Waals surface area contributed by atoms with Crippen molar-refractivity contribution in [3.05, 3.63) is 164 Å². The first-order chi connectivity index (χ1) is 29.0. The number of rotatable bonds is 14. The second kappa shape index (κ2) is 17.1. The number of thiophene rings is 3. The Morgan fingerprint density at radius 3 is 1.25 bits per heavy atom. The van der Waals surface area contributed by atoms with Gasteiger partial charge in [-0.15, -0.1) is 81.1 Å². The Hall–Kier alpha value is -4.19. The second-order valence-electron chi connectivity index (χ2n) is 14.4. The maximum Gasteiger partial charge on any atom is 0.335 e. The summed E-state index contributed by atoms with van der Waals surface area (Å²) in [6.07, 6.45) is 1.20. The molecule has 9 heteroatoms. The second-order valence-corrected chi connectivity index (χ2v) is 21.7. The molecular weight excluding hydrogens is 857 g/mol. The van der Waals surface area contributed by atoms with Crippen molar-refractivity contribution in [1.29, 1.82) is 0 Å². The van der Waals surface area contributed by atoms with E-state index >= 15 is 0 Å². The fourth-order valence-corrected chi connectivity index (χ4v) is 17.1. The van der Waals surface area contributed by atoms with Gasteiger partial charge in [0.05, 0.1) is 0 Å². The molecule has 0 N–H and O–H groups in total. The molecule has 7 aromatic carbocycles. The van der Waals surface area contributed by atoms with E-state index in [0.717, 1.165) is 27.9 Å². The molecular formula is C50H36O2S7. The minimum absolute atomic E-state index is 0.102. The van der Waals surface area contributed by atoms with Crippen LogP contribution in [0.15, 0.2) is 184 Å². The normalized spacial score (nSPS) is 12.1. The Morgan fingerprint density at radius 1 is 0.475 bits per heavy atom. The van der Waals surface area contributed by atoms with Crippen LogP contribution in [0.25, 0.3) is 60.5 Å². The van der Waals surface area contributed by atoms with Crippen molar-refractivity contribution in [3.8, 4) is 5.75 Å². The van der Waals surface area contributed by atoms with Crippen molar-refractivity contribution in [2.45, 2.75) is 19.6 Å². The lowest BCUT2D eigenvalue weighted by Gasteiger charge is -2.33. The summed E-state index contributed by atoms with van der Waals surface area (Å²) in [6, 6.07) is 54.8. The zero-order chi connectivity index (χ0) is 39.8. The number of carbonyl (C=O) groups is 1. The largest absolute Gasteiger partial charge is 0.423 e. The zero-order valence-corrected chi connectivity index (χ0v) is 37.4. The first-order valence-corrected chi connectivity index (χ1v) is 25.6. The summed E-state index contributed by atoms with van der Waals surface area (Å²) >= 11 is 13.7. The summed E-state index contributed by atoms with van der Waals surface area (Å²) < 4.78 is 13.5. The summed E-state index contributed by atoms with van der Waals surface area (Å²) in [6.45, 7) is 3.55. The zero-order valence-electron chi connectivity index (χ0n) is 31.7. The molecule has 0 saturated carbocycles. The van der Waals surface area contributed by atoms with E-state index < -0.39 is 5.97 Å². The molecule has 0 atom stereocenters. The fourth-order valence-electron chi connectivity index (χ4n) is 7.45. The third-order valence-corrected chi connectivity index (χ3v) is 20.1. The van der Waals surface area contributed by atoms with Crippen LogP contribution in [0.3, 0.4) is 0 Å². The average Bonchev–Trinajstić information content (AvgIpc) is 3.99. The lowest BCUT2D eigenvalue weighted by Crippen LogP contribution is -2.33. The van der Waals surface area contributed by atoms with Crippen molar-refractivity contribution in [3.63, 3.8) is 0 Å². The van der Waals surface area contributed by atoms with E-state index in [0.29, 0.717) is 5.75 Å². The highest BCUT2D eigenvalue weighted by atomic mass is 32.2. The van der Waals surface area contributed by atoms with Crippen molar-refractivity contribution in [2.24, 2.45) is 5.41 Å². The number of hydrogen-bond acceptors (Lipinski definition) is 9. The molecule has 3 heterocycles. The molecule has 0 aliphatic heterocycles. The van der Waals surface area contributed by atoms with E-state index in [1.807, 2.05) is 93.2 Å². The van der Waals surface area contributed by atoms with Gasteiger partial charge in [-0.25, -0.2) is 4.79 Å². The Bertz CT molecular complexity index is 2870.